The zero-order valence-corrected chi connectivity index (χ0v) is 12.3. The van der Waals surface area contributed by atoms with Gasteiger partial charge >= 0.3 is 6.18 Å². The Hall–Kier alpha value is -2.71. The molecule has 0 aliphatic carbocycles. The van der Waals surface area contributed by atoms with Crippen LogP contribution in [0.5, 0.6) is 5.88 Å². The van der Waals surface area contributed by atoms with Gasteiger partial charge in [-0.05, 0) is 18.2 Å². The summed E-state index contributed by atoms with van der Waals surface area (Å²) in [6.07, 6.45) is -4.55. The monoisotopic (exact) mass is 346 g/mol. The zero-order valence-electron chi connectivity index (χ0n) is 12.3. The van der Waals surface area contributed by atoms with Crippen molar-refractivity contribution < 1.29 is 31.5 Å². The average Bonchev–Trinajstić information content (AvgIpc) is 2.53. The lowest BCUT2D eigenvalue weighted by molar-refractivity contribution is -0.154. The highest BCUT2D eigenvalue weighted by molar-refractivity contribution is 6.04. The molecule has 24 heavy (non-hydrogen) atoms. The fraction of sp³-hybridized carbons (Fsp3) is 0.200. The Bertz CT molecular complexity index is 749. The third-order valence-electron chi connectivity index (χ3n) is 2.90. The van der Waals surface area contributed by atoms with E-state index in [4.69, 9.17) is 0 Å². The van der Waals surface area contributed by atoms with Gasteiger partial charge in [0, 0.05) is 19.2 Å². The second-order valence-electron chi connectivity index (χ2n) is 4.72. The molecule has 128 valence electrons. The number of halogens is 5. The summed E-state index contributed by atoms with van der Waals surface area (Å²) < 4.78 is 67.7. The van der Waals surface area contributed by atoms with Gasteiger partial charge in [-0.3, -0.25) is 4.79 Å². The van der Waals surface area contributed by atoms with E-state index in [2.05, 4.69) is 9.72 Å². The van der Waals surface area contributed by atoms with Crippen LogP contribution in [0.25, 0.3) is 0 Å². The lowest BCUT2D eigenvalue weighted by atomic mass is 10.2. The Balaban J connectivity index is 2.21. The molecule has 0 radical (unpaired) electrons. The Morgan fingerprint density at radius 1 is 1.21 bits per heavy atom. The summed E-state index contributed by atoms with van der Waals surface area (Å²) in [6, 6.07) is 6.19. The van der Waals surface area contributed by atoms with Gasteiger partial charge in [0.25, 0.3) is 5.91 Å². The van der Waals surface area contributed by atoms with E-state index < -0.39 is 36.2 Å². The molecule has 0 saturated carbocycles. The molecule has 1 heterocycles. The summed E-state index contributed by atoms with van der Waals surface area (Å²) in [6.45, 7) is -1.56. The summed E-state index contributed by atoms with van der Waals surface area (Å²) >= 11 is 0. The van der Waals surface area contributed by atoms with E-state index in [-0.39, 0.29) is 11.4 Å². The van der Waals surface area contributed by atoms with Crippen molar-refractivity contribution in [1.82, 2.24) is 4.98 Å². The van der Waals surface area contributed by atoms with Gasteiger partial charge in [0.2, 0.25) is 5.88 Å². The Morgan fingerprint density at radius 2 is 1.92 bits per heavy atom. The first kappa shape index (κ1) is 17.6. The summed E-state index contributed by atoms with van der Waals surface area (Å²) in [5, 5.41) is 0. The molecule has 9 heteroatoms. The van der Waals surface area contributed by atoms with Crippen molar-refractivity contribution in [1.29, 1.82) is 0 Å². The fourth-order valence-corrected chi connectivity index (χ4v) is 1.79. The molecule has 2 rings (SSSR count). The number of hydrogen-bond acceptors (Lipinski definition) is 3. The molecule has 0 bridgehead atoms. The molecule has 0 N–H and O–H groups in total. The van der Waals surface area contributed by atoms with Crippen LogP contribution >= 0.6 is 0 Å². The third kappa shape index (κ3) is 4.40. The van der Waals surface area contributed by atoms with Crippen molar-refractivity contribution >= 4 is 11.6 Å². The second-order valence-corrected chi connectivity index (χ2v) is 4.72. The molecule has 0 atom stereocenters. The van der Waals surface area contributed by atoms with Crippen LogP contribution in [0.1, 0.15) is 10.5 Å². The average molecular weight is 346 g/mol. The minimum absolute atomic E-state index is 0.277. The first-order chi connectivity index (χ1) is 11.2. The fourth-order valence-electron chi connectivity index (χ4n) is 1.79. The minimum Gasteiger partial charge on any atom is -0.468 e. The molecule has 0 spiro atoms. The number of carbonyl (C=O) groups excluding carboxylic acids is 1. The lowest BCUT2D eigenvalue weighted by Crippen LogP contribution is -2.28. The van der Waals surface area contributed by atoms with Crippen molar-refractivity contribution in [2.24, 2.45) is 0 Å². The summed E-state index contributed by atoms with van der Waals surface area (Å²) in [7, 11) is 1.19. The standard InChI is InChI=1S/C15H11F5N2O2/c1-22(12-7-9(16)5-6-10(12)17)14(23)11-3-2-4-13(21-11)24-8-15(18,19)20/h2-7H,8H2,1H3. The number of ether oxygens (including phenoxy) is 1. The quantitative estimate of drug-likeness (QED) is 0.795. The van der Waals surface area contributed by atoms with Crippen molar-refractivity contribution in [3.63, 3.8) is 0 Å². The number of benzene rings is 1. The van der Waals surface area contributed by atoms with E-state index >= 15 is 0 Å². The number of amides is 1. The number of alkyl halides is 3. The number of hydrogen-bond donors (Lipinski definition) is 0. The smallest absolute Gasteiger partial charge is 0.422 e. The van der Waals surface area contributed by atoms with Crippen LogP contribution in [0.2, 0.25) is 0 Å². The third-order valence-corrected chi connectivity index (χ3v) is 2.90. The number of nitrogens with zero attached hydrogens (tertiary/aromatic N) is 2. The van der Waals surface area contributed by atoms with Crippen LogP contribution in [-0.2, 0) is 0 Å². The first-order valence-electron chi connectivity index (χ1n) is 6.57. The number of rotatable bonds is 4. The number of pyridine rings is 1. The normalized spacial score (nSPS) is 11.2. The number of aromatic nitrogens is 1. The molecule has 0 unspecified atom stereocenters. The highest BCUT2D eigenvalue weighted by Gasteiger charge is 2.29. The molecule has 1 aromatic carbocycles. The molecule has 1 aromatic heterocycles. The van der Waals surface area contributed by atoms with E-state index in [0.29, 0.717) is 0 Å². The molecule has 2 aromatic rings. The Kier molecular flexibility index (Phi) is 5.01. The van der Waals surface area contributed by atoms with Gasteiger partial charge in [0.15, 0.2) is 6.61 Å². The second kappa shape index (κ2) is 6.81. The molecule has 0 saturated heterocycles. The van der Waals surface area contributed by atoms with Crippen LogP contribution in [0.3, 0.4) is 0 Å². The SMILES string of the molecule is CN(C(=O)c1cccc(OCC(F)(F)F)n1)c1cc(F)ccc1F. The van der Waals surface area contributed by atoms with E-state index in [1.807, 2.05) is 0 Å². The lowest BCUT2D eigenvalue weighted by Gasteiger charge is -2.18. The van der Waals surface area contributed by atoms with Gasteiger partial charge in [-0.2, -0.15) is 13.2 Å². The van der Waals surface area contributed by atoms with Crippen molar-refractivity contribution in [3.8, 4) is 5.88 Å². The van der Waals surface area contributed by atoms with Gasteiger partial charge in [0.05, 0.1) is 5.69 Å². The summed E-state index contributed by atoms with van der Waals surface area (Å²) in [5.41, 5.74) is -0.607. The van der Waals surface area contributed by atoms with Gasteiger partial charge in [-0.25, -0.2) is 13.8 Å². The van der Waals surface area contributed by atoms with Gasteiger partial charge < -0.3 is 9.64 Å². The maximum absolute atomic E-state index is 13.7. The van der Waals surface area contributed by atoms with Crippen molar-refractivity contribution in [2.75, 3.05) is 18.6 Å². The highest BCUT2D eigenvalue weighted by atomic mass is 19.4. The zero-order chi connectivity index (χ0) is 17.9. The predicted octanol–water partition coefficient (Wildman–Crippen LogP) is 3.58. The molecule has 0 fully saturated rings. The van der Waals surface area contributed by atoms with Crippen molar-refractivity contribution in [3.05, 3.63) is 53.7 Å². The van der Waals surface area contributed by atoms with Crippen LogP contribution in [0, 0.1) is 11.6 Å². The number of anilines is 1. The molecular weight excluding hydrogens is 335 g/mol. The van der Waals surface area contributed by atoms with Gasteiger partial charge in [0.1, 0.15) is 17.3 Å². The van der Waals surface area contributed by atoms with Gasteiger partial charge in [-0.15, -0.1) is 0 Å². The van der Waals surface area contributed by atoms with E-state index in [1.54, 1.807) is 0 Å². The summed E-state index contributed by atoms with van der Waals surface area (Å²) in [4.78, 5) is 16.7. The molecule has 0 aliphatic rings. The van der Waals surface area contributed by atoms with Crippen LogP contribution in [-0.4, -0.2) is 30.7 Å². The number of carbonyl (C=O) groups is 1. The van der Waals surface area contributed by atoms with Crippen LogP contribution in [0.4, 0.5) is 27.6 Å². The van der Waals surface area contributed by atoms with Crippen LogP contribution < -0.4 is 9.64 Å². The predicted molar refractivity (Wildman–Crippen MR) is 74.9 cm³/mol. The topological polar surface area (TPSA) is 42.4 Å². The maximum atomic E-state index is 13.7. The first-order valence-corrected chi connectivity index (χ1v) is 6.57. The maximum Gasteiger partial charge on any atom is 0.422 e. The minimum atomic E-state index is -4.55. The van der Waals surface area contributed by atoms with E-state index in [9.17, 15) is 26.7 Å². The van der Waals surface area contributed by atoms with E-state index in [1.165, 1.54) is 19.2 Å². The van der Waals surface area contributed by atoms with Crippen LogP contribution in [0.15, 0.2) is 36.4 Å². The highest BCUT2D eigenvalue weighted by Crippen LogP contribution is 2.22. The van der Waals surface area contributed by atoms with Gasteiger partial charge in [-0.1, -0.05) is 6.07 Å². The largest absolute Gasteiger partial charge is 0.468 e. The Labute approximate surface area is 133 Å². The molecule has 0 aliphatic heterocycles. The Morgan fingerprint density at radius 3 is 2.58 bits per heavy atom. The summed E-state index contributed by atoms with van der Waals surface area (Å²) in [5.74, 6) is -2.83. The van der Waals surface area contributed by atoms with E-state index in [0.717, 1.165) is 29.2 Å². The van der Waals surface area contributed by atoms with Crippen molar-refractivity contribution in [2.45, 2.75) is 6.18 Å². The molecule has 1 amide bonds. The molecular formula is C15H11F5N2O2. The molecule has 4 nitrogen and oxygen atoms in total.